The van der Waals surface area contributed by atoms with Gasteiger partial charge >= 0.3 is 0 Å². The van der Waals surface area contributed by atoms with Crippen LogP contribution in [-0.4, -0.2) is 12.5 Å². The van der Waals surface area contributed by atoms with Crippen LogP contribution in [0, 0.1) is 5.82 Å². The fraction of sp³-hybridized carbons (Fsp3) is 0.133. The Morgan fingerprint density at radius 1 is 1.25 bits per heavy atom. The Morgan fingerprint density at radius 2 is 2.10 bits per heavy atom. The molecule has 0 bridgehead atoms. The van der Waals surface area contributed by atoms with Crippen molar-refractivity contribution in [2.75, 3.05) is 17.2 Å². The Kier molecular flexibility index (Phi) is 3.32. The predicted molar refractivity (Wildman–Crippen MR) is 78.0 cm³/mol. The highest BCUT2D eigenvalue weighted by atomic mass is 35.5. The molecule has 1 aliphatic heterocycles. The molecule has 2 aromatic rings. The Labute approximate surface area is 120 Å². The highest BCUT2D eigenvalue weighted by Gasteiger charge is 2.14. The number of rotatable bonds is 2. The molecular weight excluding hydrogens is 279 g/mol. The van der Waals surface area contributed by atoms with Crippen molar-refractivity contribution < 1.29 is 9.18 Å². The molecule has 0 saturated heterocycles. The summed E-state index contributed by atoms with van der Waals surface area (Å²) in [4.78, 5) is 12.1. The number of hydrogen-bond acceptors (Lipinski definition) is 2. The number of carbonyl (C=O) groups is 1. The maximum absolute atomic E-state index is 13.1. The maximum Gasteiger partial charge on any atom is 0.255 e. The molecule has 0 aliphatic carbocycles. The van der Waals surface area contributed by atoms with E-state index >= 15 is 0 Å². The normalized spacial score (nSPS) is 12.7. The van der Waals surface area contributed by atoms with Crippen molar-refractivity contribution in [1.29, 1.82) is 0 Å². The molecule has 1 amide bonds. The standard InChI is InChI=1S/C15H12ClFN2O/c16-12-8-11(2-3-13(12)17)19-15(20)10-1-4-14-9(7-10)5-6-18-14/h1-4,7-8,18H,5-6H2,(H,19,20). The average molecular weight is 291 g/mol. The first-order chi connectivity index (χ1) is 9.63. The molecule has 0 radical (unpaired) electrons. The lowest BCUT2D eigenvalue weighted by molar-refractivity contribution is 0.102. The van der Waals surface area contributed by atoms with Gasteiger partial charge in [0, 0.05) is 23.5 Å². The van der Waals surface area contributed by atoms with E-state index in [-0.39, 0.29) is 10.9 Å². The maximum atomic E-state index is 13.1. The molecule has 20 heavy (non-hydrogen) atoms. The van der Waals surface area contributed by atoms with Gasteiger partial charge in [0.25, 0.3) is 5.91 Å². The molecule has 0 aromatic heterocycles. The second-order valence-electron chi connectivity index (χ2n) is 4.63. The molecule has 1 aliphatic rings. The van der Waals surface area contributed by atoms with Crippen LogP contribution < -0.4 is 10.6 Å². The van der Waals surface area contributed by atoms with Crippen LogP contribution in [0.1, 0.15) is 15.9 Å². The SMILES string of the molecule is O=C(Nc1ccc(F)c(Cl)c1)c1ccc2c(c1)CCN2. The molecule has 2 aromatic carbocycles. The van der Waals surface area contributed by atoms with E-state index in [9.17, 15) is 9.18 Å². The molecule has 2 N–H and O–H groups in total. The van der Waals surface area contributed by atoms with Crippen LogP contribution in [-0.2, 0) is 6.42 Å². The van der Waals surface area contributed by atoms with Crippen molar-refractivity contribution in [3.8, 4) is 0 Å². The topological polar surface area (TPSA) is 41.1 Å². The van der Waals surface area contributed by atoms with Crippen LogP contribution in [0.2, 0.25) is 5.02 Å². The second kappa shape index (κ2) is 5.13. The van der Waals surface area contributed by atoms with Crippen molar-refractivity contribution in [3.05, 3.63) is 58.4 Å². The third kappa shape index (κ3) is 2.47. The van der Waals surface area contributed by atoms with Gasteiger partial charge in [-0.15, -0.1) is 0 Å². The van der Waals surface area contributed by atoms with Crippen molar-refractivity contribution in [1.82, 2.24) is 0 Å². The molecule has 0 spiro atoms. The number of fused-ring (bicyclic) bond motifs is 1. The van der Waals surface area contributed by atoms with Gasteiger partial charge in [0.15, 0.2) is 0 Å². The molecule has 0 saturated carbocycles. The summed E-state index contributed by atoms with van der Waals surface area (Å²) in [7, 11) is 0. The number of halogens is 2. The number of amides is 1. The third-order valence-electron chi connectivity index (χ3n) is 3.25. The van der Waals surface area contributed by atoms with Crippen molar-refractivity contribution in [2.45, 2.75) is 6.42 Å². The summed E-state index contributed by atoms with van der Waals surface area (Å²) in [5, 5.41) is 5.93. The van der Waals surface area contributed by atoms with Crippen LogP contribution in [0.4, 0.5) is 15.8 Å². The van der Waals surface area contributed by atoms with Crippen molar-refractivity contribution in [2.24, 2.45) is 0 Å². The minimum atomic E-state index is -0.506. The number of anilines is 2. The molecule has 0 unspecified atom stereocenters. The summed E-state index contributed by atoms with van der Waals surface area (Å²) in [6.45, 7) is 0.897. The van der Waals surface area contributed by atoms with E-state index in [2.05, 4.69) is 10.6 Å². The number of benzene rings is 2. The quantitative estimate of drug-likeness (QED) is 0.885. The zero-order valence-corrected chi connectivity index (χ0v) is 11.3. The highest BCUT2D eigenvalue weighted by molar-refractivity contribution is 6.31. The molecule has 3 rings (SSSR count). The van der Waals surface area contributed by atoms with Crippen LogP contribution in [0.3, 0.4) is 0 Å². The molecule has 5 heteroatoms. The first kappa shape index (κ1) is 12.9. The molecule has 3 nitrogen and oxygen atoms in total. The van der Waals surface area contributed by atoms with E-state index in [1.54, 1.807) is 6.07 Å². The monoisotopic (exact) mass is 290 g/mol. The van der Waals surface area contributed by atoms with E-state index in [0.717, 1.165) is 24.2 Å². The molecular formula is C15H12ClFN2O. The van der Waals surface area contributed by atoms with Crippen molar-refractivity contribution in [3.63, 3.8) is 0 Å². The summed E-state index contributed by atoms with van der Waals surface area (Å²) >= 11 is 5.69. The second-order valence-corrected chi connectivity index (χ2v) is 5.04. The first-order valence-electron chi connectivity index (χ1n) is 6.27. The molecule has 102 valence electrons. The van der Waals surface area contributed by atoms with Gasteiger partial charge in [-0.05, 0) is 48.4 Å². The first-order valence-corrected chi connectivity index (χ1v) is 6.64. The van der Waals surface area contributed by atoms with Gasteiger partial charge in [-0.25, -0.2) is 4.39 Å². The predicted octanol–water partition coefficient (Wildman–Crippen LogP) is 3.70. The lowest BCUT2D eigenvalue weighted by Crippen LogP contribution is -2.12. The summed E-state index contributed by atoms with van der Waals surface area (Å²) in [6.07, 6.45) is 0.916. The zero-order chi connectivity index (χ0) is 14.1. The van der Waals surface area contributed by atoms with E-state index in [4.69, 9.17) is 11.6 Å². The van der Waals surface area contributed by atoms with E-state index < -0.39 is 5.82 Å². The highest BCUT2D eigenvalue weighted by Crippen LogP contribution is 2.24. The zero-order valence-electron chi connectivity index (χ0n) is 10.5. The Hall–Kier alpha value is -2.07. The number of nitrogens with one attached hydrogen (secondary N) is 2. The number of carbonyl (C=O) groups excluding carboxylic acids is 1. The fourth-order valence-electron chi connectivity index (χ4n) is 2.22. The van der Waals surface area contributed by atoms with Crippen LogP contribution in [0.5, 0.6) is 0 Å². The molecule has 1 heterocycles. The van der Waals surface area contributed by atoms with Gasteiger partial charge in [-0.1, -0.05) is 11.6 Å². The van der Waals surface area contributed by atoms with Gasteiger partial charge in [0.05, 0.1) is 5.02 Å². The van der Waals surface area contributed by atoms with Gasteiger partial charge in [0.2, 0.25) is 0 Å². The lowest BCUT2D eigenvalue weighted by atomic mass is 10.1. The fourth-order valence-corrected chi connectivity index (χ4v) is 2.40. The van der Waals surface area contributed by atoms with Gasteiger partial charge in [-0.2, -0.15) is 0 Å². The number of hydrogen-bond donors (Lipinski definition) is 2. The minimum Gasteiger partial charge on any atom is -0.384 e. The molecule has 0 atom stereocenters. The Morgan fingerprint density at radius 3 is 2.90 bits per heavy atom. The minimum absolute atomic E-state index is 0.0130. The van der Waals surface area contributed by atoms with Gasteiger partial charge < -0.3 is 10.6 Å². The van der Waals surface area contributed by atoms with Crippen LogP contribution in [0.15, 0.2) is 36.4 Å². The Balaban J connectivity index is 1.80. The summed E-state index contributed by atoms with van der Waals surface area (Å²) in [5.41, 5.74) is 3.26. The lowest BCUT2D eigenvalue weighted by Gasteiger charge is -2.07. The van der Waals surface area contributed by atoms with E-state index in [0.29, 0.717) is 11.3 Å². The molecule has 0 fully saturated rings. The smallest absolute Gasteiger partial charge is 0.255 e. The van der Waals surface area contributed by atoms with Crippen LogP contribution in [0.25, 0.3) is 0 Å². The van der Waals surface area contributed by atoms with Crippen LogP contribution >= 0.6 is 11.6 Å². The summed E-state index contributed by atoms with van der Waals surface area (Å²) in [5.74, 6) is -0.740. The largest absolute Gasteiger partial charge is 0.384 e. The third-order valence-corrected chi connectivity index (χ3v) is 3.54. The van der Waals surface area contributed by atoms with E-state index in [1.807, 2.05) is 12.1 Å². The van der Waals surface area contributed by atoms with Crippen molar-refractivity contribution >= 4 is 28.9 Å². The Bertz CT molecular complexity index is 688. The van der Waals surface area contributed by atoms with E-state index in [1.165, 1.54) is 18.2 Å². The van der Waals surface area contributed by atoms with Gasteiger partial charge in [0.1, 0.15) is 5.82 Å². The van der Waals surface area contributed by atoms with Gasteiger partial charge in [-0.3, -0.25) is 4.79 Å². The average Bonchev–Trinajstić information content (AvgIpc) is 2.90. The summed E-state index contributed by atoms with van der Waals surface area (Å²) in [6, 6.07) is 9.63. The summed E-state index contributed by atoms with van der Waals surface area (Å²) < 4.78 is 13.1.